The van der Waals surface area contributed by atoms with Crippen LogP contribution in [-0.2, 0) is 24.5 Å². The molecule has 0 aliphatic carbocycles. The summed E-state index contributed by atoms with van der Waals surface area (Å²) in [7, 11) is -4.42. The van der Waals surface area contributed by atoms with Crippen LogP contribution in [0, 0.1) is 0 Å². The van der Waals surface area contributed by atoms with Crippen molar-refractivity contribution in [3.05, 3.63) is 0 Å². The van der Waals surface area contributed by atoms with Crippen molar-refractivity contribution in [2.45, 2.75) is 31.4 Å². The van der Waals surface area contributed by atoms with E-state index >= 15 is 0 Å². The number of hydrogen-bond donors (Lipinski definition) is 3. The summed E-state index contributed by atoms with van der Waals surface area (Å²) in [6.45, 7) is 1.84. The number of rotatable bonds is 3. The second-order valence-corrected chi connectivity index (χ2v) is 4.86. The number of carbonyl (C=O) groups excluding carboxylic acids is 2. The fourth-order valence-corrected chi connectivity index (χ4v) is 1.68. The Kier molecular flexibility index (Phi) is 5.75. The third-order valence-electron chi connectivity index (χ3n) is 1.75. The summed E-state index contributed by atoms with van der Waals surface area (Å²) in [5.74, 6) is -2.35. The summed E-state index contributed by atoms with van der Waals surface area (Å²) < 4.78 is 29.0. The monoisotopic (exact) mass is 267 g/mol. The minimum absolute atomic E-state index is 0.292. The Morgan fingerprint density at radius 3 is 2.12 bits per heavy atom. The van der Waals surface area contributed by atoms with E-state index in [1.807, 2.05) is 6.92 Å². The summed E-state index contributed by atoms with van der Waals surface area (Å²) in [6.07, 6.45) is 0.535. The lowest BCUT2D eigenvalue weighted by Crippen LogP contribution is -2.30. The van der Waals surface area contributed by atoms with Crippen molar-refractivity contribution >= 4 is 27.9 Å². The summed E-state index contributed by atoms with van der Waals surface area (Å²) in [6, 6.07) is 0. The lowest BCUT2D eigenvalue weighted by Gasteiger charge is -1.98. The van der Waals surface area contributed by atoms with Gasteiger partial charge in [0, 0.05) is 6.42 Å². The molecule has 8 nitrogen and oxygen atoms in total. The van der Waals surface area contributed by atoms with Crippen molar-refractivity contribution in [1.29, 1.82) is 0 Å². The van der Waals surface area contributed by atoms with Crippen LogP contribution in [0.4, 0.5) is 0 Å². The molecule has 1 atom stereocenters. The summed E-state index contributed by atoms with van der Waals surface area (Å²) in [5.41, 5.74) is 0. The number of hydrogen-bond acceptors (Lipinski definition) is 5. The first-order chi connectivity index (χ1) is 7.68. The molecule has 9 heteroatoms. The first-order valence-corrected chi connectivity index (χ1v) is 6.20. The predicted octanol–water partition coefficient (Wildman–Crippen LogP) is -0.840. The van der Waals surface area contributed by atoms with E-state index in [9.17, 15) is 22.8 Å². The van der Waals surface area contributed by atoms with E-state index in [0.717, 1.165) is 6.42 Å². The minimum Gasteiger partial charge on any atom is -0.481 e. The molecule has 17 heavy (non-hydrogen) atoms. The van der Waals surface area contributed by atoms with E-state index in [1.165, 1.54) is 0 Å². The third kappa shape index (κ3) is 5.97. The van der Waals surface area contributed by atoms with Crippen LogP contribution in [0.25, 0.3) is 0 Å². The molecule has 0 saturated carbocycles. The Bertz CT molecular complexity index is 414. The molecule has 2 amide bonds. The largest absolute Gasteiger partial charge is 0.481 e. The van der Waals surface area contributed by atoms with E-state index in [-0.39, 0.29) is 0 Å². The van der Waals surface area contributed by atoms with Gasteiger partial charge in [0.15, 0.2) is 5.25 Å². The SMILES string of the molecule is CCCC(=O)O.O=C1CC(S(=O)(=O)O)C(=O)N1. The van der Waals surface area contributed by atoms with Crippen molar-refractivity contribution in [3.63, 3.8) is 0 Å². The van der Waals surface area contributed by atoms with Gasteiger partial charge in [-0.15, -0.1) is 0 Å². The Labute approximate surface area is 97.8 Å². The van der Waals surface area contributed by atoms with E-state index in [4.69, 9.17) is 9.66 Å². The van der Waals surface area contributed by atoms with Crippen LogP contribution in [0.1, 0.15) is 26.2 Å². The number of carboxylic acids is 1. The highest BCUT2D eigenvalue weighted by molar-refractivity contribution is 7.87. The zero-order valence-electron chi connectivity index (χ0n) is 9.04. The van der Waals surface area contributed by atoms with Crippen molar-refractivity contribution in [3.8, 4) is 0 Å². The quantitative estimate of drug-likeness (QED) is 0.447. The van der Waals surface area contributed by atoms with Crippen LogP contribution >= 0.6 is 0 Å². The molecule has 0 radical (unpaired) electrons. The molecule has 98 valence electrons. The fourth-order valence-electron chi connectivity index (χ4n) is 0.984. The van der Waals surface area contributed by atoms with Gasteiger partial charge in [0.2, 0.25) is 11.8 Å². The Hall–Kier alpha value is -1.48. The van der Waals surface area contributed by atoms with Gasteiger partial charge in [-0.05, 0) is 6.42 Å². The van der Waals surface area contributed by atoms with Crippen molar-refractivity contribution in [2.24, 2.45) is 0 Å². The van der Waals surface area contributed by atoms with E-state index in [1.54, 1.807) is 5.32 Å². The summed E-state index contributed by atoms with van der Waals surface area (Å²) in [5, 5.41) is 8.05. The van der Waals surface area contributed by atoms with Gasteiger partial charge in [-0.1, -0.05) is 6.92 Å². The first kappa shape index (κ1) is 15.5. The molecule has 1 rings (SSSR count). The zero-order chi connectivity index (χ0) is 13.6. The number of imide groups is 1. The maximum Gasteiger partial charge on any atom is 0.303 e. The Balaban J connectivity index is 0.000000366. The summed E-state index contributed by atoms with van der Waals surface area (Å²) >= 11 is 0. The molecular weight excluding hydrogens is 254 g/mol. The average Bonchev–Trinajstić information content (AvgIpc) is 2.45. The predicted molar refractivity (Wildman–Crippen MR) is 55.6 cm³/mol. The normalized spacial score (nSPS) is 19.3. The molecule has 0 aromatic heterocycles. The number of nitrogens with one attached hydrogen (secondary N) is 1. The van der Waals surface area contributed by atoms with Gasteiger partial charge >= 0.3 is 5.97 Å². The Morgan fingerprint density at radius 2 is 2.00 bits per heavy atom. The van der Waals surface area contributed by atoms with Crippen molar-refractivity contribution in [1.82, 2.24) is 5.32 Å². The molecule has 1 aliphatic rings. The molecule has 0 aromatic rings. The second-order valence-electron chi connectivity index (χ2n) is 3.26. The molecule has 1 saturated heterocycles. The maximum atomic E-state index is 10.6. The second kappa shape index (κ2) is 6.30. The maximum absolute atomic E-state index is 10.6. The smallest absolute Gasteiger partial charge is 0.303 e. The van der Waals surface area contributed by atoms with Gasteiger partial charge in [0.1, 0.15) is 0 Å². The molecule has 0 aromatic carbocycles. The van der Waals surface area contributed by atoms with E-state index in [0.29, 0.717) is 6.42 Å². The number of carbonyl (C=O) groups is 3. The highest BCUT2D eigenvalue weighted by atomic mass is 32.2. The summed E-state index contributed by atoms with van der Waals surface area (Å²) in [4.78, 5) is 30.6. The molecular formula is C8H13NO7S. The van der Waals surface area contributed by atoms with Crippen LogP contribution in [0.15, 0.2) is 0 Å². The highest BCUT2D eigenvalue weighted by Crippen LogP contribution is 2.09. The highest BCUT2D eigenvalue weighted by Gasteiger charge is 2.39. The molecule has 1 aliphatic heterocycles. The topological polar surface area (TPSA) is 138 Å². The number of carboxylic acid groups (broad SMARTS) is 1. The molecule has 1 fully saturated rings. The van der Waals surface area contributed by atoms with Crippen molar-refractivity contribution < 1.29 is 32.5 Å². The van der Waals surface area contributed by atoms with Gasteiger partial charge < -0.3 is 5.11 Å². The molecule has 0 bridgehead atoms. The third-order valence-corrected chi connectivity index (χ3v) is 2.85. The molecule has 0 spiro atoms. The van der Waals surface area contributed by atoms with E-state index < -0.39 is 39.6 Å². The lowest BCUT2D eigenvalue weighted by molar-refractivity contribution is -0.137. The first-order valence-electron chi connectivity index (χ1n) is 4.70. The molecule has 1 heterocycles. The zero-order valence-corrected chi connectivity index (χ0v) is 9.86. The van der Waals surface area contributed by atoms with Gasteiger partial charge in [-0.2, -0.15) is 8.42 Å². The van der Waals surface area contributed by atoms with Crippen molar-refractivity contribution in [2.75, 3.05) is 0 Å². The number of amides is 2. The van der Waals surface area contributed by atoms with Crippen LogP contribution in [0.5, 0.6) is 0 Å². The van der Waals surface area contributed by atoms with Crippen LogP contribution in [0.2, 0.25) is 0 Å². The van der Waals surface area contributed by atoms with Crippen LogP contribution in [-0.4, -0.2) is 41.1 Å². The molecule has 1 unspecified atom stereocenters. The minimum atomic E-state index is -4.42. The van der Waals surface area contributed by atoms with Crippen LogP contribution in [0.3, 0.4) is 0 Å². The van der Waals surface area contributed by atoms with E-state index in [2.05, 4.69) is 0 Å². The average molecular weight is 267 g/mol. The van der Waals surface area contributed by atoms with Gasteiger partial charge in [-0.3, -0.25) is 24.3 Å². The van der Waals surface area contributed by atoms with Gasteiger partial charge in [0.25, 0.3) is 10.1 Å². The standard InChI is InChI=1S/C4H5NO5S.C4H8O2/c6-3-1-2(4(7)5-3)11(8,9)10;1-2-3-4(5)6/h2H,1H2,(H,5,6,7)(H,8,9,10);2-3H2,1H3,(H,5,6). The Morgan fingerprint density at radius 1 is 1.47 bits per heavy atom. The fraction of sp³-hybridized carbons (Fsp3) is 0.625. The van der Waals surface area contributed by atoms with Gasteiger partial charge in [0.05, 0.1) is 6.42 Å². The number of aliphatic carboxylic acids is 1. The lowest BCUT2D eigenvalue weighted by atomic mass is 10.4. The molecule has 3 N–H and O–H groups in total. The van der Waals surface area contributed by atoms with Gasteiger partial charge in [-0.25, -0.2) is 0 Å². The van der Waals surface area contributed by atoms with Crippen LogP contribution < -0.4 is 5.32 Å².